The van der Waals surface area contributed by atoms with Gasteiger partial charge in [0, 0.05) is 12.3 Å². The highest BCUT2D eigenvalue weighted by molar-refractivity contribution is 6.83. The molecule has 90 valence electrons. The van der Waals surface area contributed by atoms with Crippen LogP contribution in [-0.2, 0) is 14.3 Å². The first-order valence-corrected chi connectivity index (χ1v) is 5.53. The van der Waals surface area contributed by atoms with Gasteiger partial charge in [0.2, 0.25) is 5.17 Å². The summed E-state index contributed by atoms with van der Waals surface area (Å²) in [7, 11) is 0. The summed E-state index contributed by atoms with van der Waals surface area (Å²) < 4.78 is 4.80. The van der Waals surface area contributed by atoms with Crippen LogP contribution in [0.1, 0.15) is 26.2 Å². The van der Waals surface area contributed by atoms with Gasteiger partial charge in [-0.1, -0.05) is 16.8 Å². The number of oxime groups is 1. The first-order valence-electron chi connectivity index (χ1n) is 5.15. The van der Waals surface area contributed by atoms with Gasteiger partial charge in [-0.05, 0) is 25.7 Å². The van der Waals surface area contributed by atoms with Gasteiger partial charge in [0.15, 0.2) is 5.78 Å². The van der Waals surface area contributed by atoms with E-state index in [9.17, 15) is 9.59 Å². The van der Waals surface area contributed by atoms with Crippen LogP contribution in [0.2, 0.25) is 0 Å². The van der Waals surface area contributed by atoms with E-state index in [1.807, 2.05) is 0 Å². The number of ketones is 1. The lowest BCUT2D eigenvalue weighted by Gasteiger charge is -2.32. The van der Waals surface area contributed by atoms with Crippen LogP contribution >= 0.6 is 11.6 Å². The molecule has 1 aliphatic carbocycles. The van der Waals surface area contributed by atoms with Crippen molar-refractivity contribution in [1.29, 1.82) is 0 Å². The maximum Gasteiger partial charge on any atom is 0.306 e. The highest BCUT2D eigenvalue weighted by atomic mass is 35.5. The van der Waals surface area contributed by atoms with Crippen LogP contribution in [0.25, 0.3) is 0 Å². The van der Waals surface area contributed by atoms with Crippen molar-refractivity contribution in [2.75, 3.05) is 6.61 Å². The summed E-state index contributed by atoms with van der Waals surface area (Å²) in [5, 5.41) is 10.6. The Morgan fingerprint density at radius 1 is 1.50 bits per heavy atom. The number of rotatable bonds is 5. The number of hydrogen-bond donors (Lipinski definition) is 1. The van der Waals surface area contributed by atoms with Crippen LogP contribution in [0.5, 0.6) is 0 Å². The van der Waals surface area contributed by atoms with Gasteiger partial charge < -0.3 is 9.94 Å². The van der Waals surface area contributed by atoms with E-state index in [1.165, 1.54) is 0 Å². The number of hydrogen-bond acceptors (Lipinski definition) is 5. The molecule has 1 saturated carbocycles. The third-order valence-electron chi connectivity index (χ3n) is 2.66. The second-order valence-electron chi connectivity index (χ2n) is 3.80. The van der Waals surface area contributed by atoms with E-state index in [0.717, 1.165) is 0 Å². The highest BCUT2D eigenvalue weighted by Gasteiger charge is 2.37. The van der Waals surface area contributed by atoms with Gasteiger partial charge in [-0.2, -0.15) is 0 Å². The van der Waals surface area contributed by atoms with E-state index in [-0.39, 0.29) is 28.8 Å². The summed E-state index contributed by atoms with van der Waals surface area (Å²) in [6.07, 6.45) is 1.54. The zero-order valence-corrected chi connectivity index (χ0v) is 9.74. The standard InChI is InChI=1S/C10H14ClNO4/c1-2-16-8(13)5-6-3-7(4-6)9(14)10(11)12-15/h6-7,15H,2-5H2,1H3/b12-10-. The van der Waals surface area contributed by atoms with Gasteiger partial charge in [-0.25, -0.2) is 0 Å². The molecular formula is C10H14ClNO4. The minimum absolute atomic E-state index is 0.177. The zero-order chi connectivity index (χ0) is 12.1. The lowest BCUT2D eigenvalue weighted by molar-refractivity contribution is -0.146. The molecule has 0 heterocycles. The van der Waals surface area contributed by atoms with Crippen LogP contribution in [0, 0.1) is 11.8 Å². The smallest absolute Gasteiger partial charge is 0.306 e. The van der Waals surface area contributed by atoms with Crippen LogP contribution in [0.3, 0.4) is 0 Å². The molecule has 0 bridgehead atoms. The van der Waals surface area contributed by atoms with Gasteiger partial charge in [0.25, 0.3) is 0 Å². The third-order valence-corrected chi connectivity index (χ3v) is 2.92. The van der Waals surface area contributed by atoms with Gasteiger partial charge in [0.05, 0.1) is 6.61 Å². The maximum absolute atomic E-state index is 11.4. The predicted molar refractivity (Wildman–Crippen MR) is 57.5 cm³/mol. The van der Waals surface area contributed by atoms with E-state index in [2.05, 4.69) is 5.16 Å². The Labute approximate surface area is 98.4 Å². The fraction of sp³-hybridized carbons (Fsp3) is 0.700. The maximum atomic E-state index is 11.4. The molecule has 1 N–H and O–H groups in total. The number of carbonyl (C=O) groups is 2. The summed E-state index contributed by atoms with van der Waals surface area (Å²) >= 11 is 5.39. The average Bonchev–Trinajstić information content (AvgIpc) is 2.21. The number of esters is 1. The summed E-state index contributed by atoms with van der Waals surface area (Å²) in [5.41, 5.74) is 0. The van der Waals surface area contributed by atoms with Crippen molar-refractivity contribution in [2.45, 2.75) is 26.2 Å². The molecule has 0 aromatic heterocycles. The normalized spacial score (nSPS) is 24.8. The molecule has 1 rings (SSSR count). The number of halogens is 1. The molecule has 6 heteroatoms. The van der Waals surface area contributed by atoms with E-state index in [4.69, 9.17) is 21.5 Å². The van der Waals surface area contributed by atoms with Crippen molar-refractivity contribution >= 4 is 28.5 Å². The summed E-state index contributed by atoms with van der Waals surface area (Å²) in [6, 6.07) is 0. The fourth-order valence-electron chi connectivity index (χ4n) is 1.79. The van der Waals surface area contributed by atoms with Gasteiger partial charge in [-0.3, -0.25) is 9.59 Å². The van der Waals surface area contributed by atoms with E-state index in [0.29, 0.717) is 25.9 Å². The van der Waals surface area contributed by atoms with Gasteiger partial charge in [0.1, 0.15) is 0 Å². The van der Waals surface area contributed by atoms with Gasteiger partial charge >= 0.3 is 5.97 Å². The van der Waals surface area contributed by atoms with Crippen molar-refractivity contribution in [1.82, 2.24) is 0 Å². The molecule has 1 aliphatic rings. The Balaban J connectivity index is 2.28. The summed E-state index contributed by atoms with van der Waals surface area (Å²) in [5.74, 6) is -0.636. The Hall–Kier alpha value is -1.10. The molecule has 0 saturated heterocycles. The summed E-state index contributed by atoms with van der Waals surface area (Å²) in [4.78, 5) is 22.5. The molecule has 0 atom stereocenters. The second-order valence-corrected chi connectivity index (χ2v) is 4.16. The van der Waals surface area contributed by atoms with Crippen LogP contribution in [-0.4, -0.2) is 28.7 Å². The molecule has 0 amide bonds. The number of ether oxygens (including phenoxy) is 1. The first kappa shape index (κ1) is 13.0. The van der Waals surface area contributed by atoms with Crippen molar-refractivity contribution in [3.63, 3.8) is 0 Å². The Kier molecular flexibility index (Phi) is 4.73. The number of carbonyl (C=O) groups excluding carboxylic acids is 2. The lowest BCUT2D eigenvalue weighted by atomic mass is 9.71. The third kappa shape index (κ3) is 3.20. The molecule has 16 heavy (non-hydrogen) atoms. The van der Waals surface area contributed by atoms with Crippen LogP contribution in [0.15, 0.2) is 5.16 Å². The van der Waals surface area contributed by atoms with Crippen LogP contribution in [0.4, 0.5) is 0 Å². The van der Waals surface area contributed by atoms with Crippen LogP contribution < -0.4 is 0 Å². The predicted octanol–water partition coefficient (Wildman–Crippen LogP) is 1.56. The van der Waals surface area contributed by atoms with E-state index >= 15 is 0 Å². The minimum Gasteiger partial charge on any atom is -0.466 e. The number of Topliss-reactive ketones (excluding diaryl/α,β-unsaturated/α-hetero) is 1. The molecule has 0 spiro atoms. The number of nitrogens with zero attached hydrogens (tertiary/aromatic N) is 1. The Bertz CT molecular complexity index is 310. The Morgan fingerprint density at radius 2 is 2.12 bits per heavy atom. The second kappa shape index (κ2) is 5.84. The monoisotopic (exact) mass is 247 g/mol. The SMILES string of the molecule is CCOC(=O)CC1CC(C(=O)/C(Cl)=N/O)C1. The average molecular weight is 248 g/mol. The lowest BCUT2D eigenvalue weighted by Crippen LogP contribution is -2.34. The van der Waals surface area contributed by atoms with E-state index < -0.39 is 0 Å². The molecule has 0 radical (unpaired) electrons. The first-order chi connectivity index (χ1) is 7.58. The van der Waals surface area contributed by atoms with Crippen molar-refractivity contribution < 1.29 is 19.5 Å². The zero-order valence-electron chi connectivity index (χ0n) is 8.98. The van der Waals surface area contributed by atoms with Gasteiger partial charge in [-0.15, -0.1) is 0 Å². The summed E-state index contributed by atoms with van der Waals surface area (Å²) in [6.45, 7) is 2.12. The molecular weight excluding hydrogens is 234 g/mol. The van der Waals surface area contributed by atoms with Crippen molar-refractivity contribution in [2.24, 2.45) is 17.0 Å². The molecule has 1 fully saturated rings. The molecule has 0 unspecified atom stereocenters. The quantitative estimate of drug-likeness (QED) is 0.346. The molecule has 0 aliphatic heterocycles. The molecule has 0 aromatic carbocycles. The van der Waals surface area contributed by atoms with Crippen molar-refractivity contribution in [3.05, 3.63) is 0 Å². The topological polar surface area (TPSA) is 76.0 Å². The van der Waals surface area contributed by atoms with E-state index in [1.54, 1.807) is 6.92 Å². The molecule has 5 nitrogen and oxygen atoms in total. The van der Waals surface area contributed by atoms with Crippen molar-refractivity contribution in [3.8, 4) is 0 Å². The molecule has 0 aromatic rings. The largest absolute Gasteiger partial charge is 0.466 e. The minimum atomic E-state index is -0.389. The fourth-order valence-corrected chi connectivity index (χ4v) is 1.94. The highest BCUT2D eigenvalue weighted by Crippen LogP contribution is 2.37. The Morgan fingerprint density at radius 3 is 2.62 bits per heavy atom.